The van der Waals surface area contributed by atoms with Gasteiger partial charge in [-0.3, -0.25) is 4.79 Å². The average Bonchev–Trinajstić information content (AvgIpc) is 2.62. The summed E-state index contributed by atoms with van der Waals surface area (Å²) in [5, 5.41) is 8.91. The maximum Gasteiger partial charge on any atom is 0.306 e. The number of aliphatic hydroxyl groups excluding tert-OH is 1. The molecule has 0 bridgehead atoms. The Hall–Kier alpha value is -1.35. The van der Waals surface area contributed by atoms with E-state index in [2.05, 4.69) is 0 Å². The molecule has 2 rings (SSSR count). The van der Waals surface area contributed by atoms with Crippen LogP contribution in [0.3, 0.4) is 0 Å². The molecule has 0 amide bonds. The predicted molar refractivity (Wildman–Crippen MR) is 55.1 cm³/mol. The van der Waals surface area contributed by atoms with Gasteiger partial charge in [0.05, 0.1) is 6.42 Å². The van der Waals surface area contributed by atoms with Crippen molar-refractivity contribution in [3.05, 3.63) is 35.9 Å². The summed E-state index contributed by atoms with van der Waals surface area (Å²) in [7, 11) is 0. The first-order chi connectivity index (χ1) is 7.31. The molecule has 80 valence electrons. The summed E-state index contributed by atoms with van der Waals surface area (Å²) in [5.74, 6) is -0.0489. The van der Waals surface area contributed by atoms with E-state index in [1.807, 2.05) is 30.3 Å². The Morgan fingerprint density at radius 3 is 2.73 bits per heavy atom. The number of benzene rings is 1. The summed E-state index contributed by atoms with van der Waals surface area (Å²) < 4.78 is 5.26. The first kappa shape index (κ1) is 10.2. The van der Waals surface area contributed by atoms with Crippen LogP contribution in [0.15, 0.2) is 30.3 Å². The van der Waals surface area contributed by atoms with Gasteiger partial charge in [-0.1, -0.05) is 30.3 Å². The average molecular weight is 206 g/mol. The number of cyclic esters (lactones) is 1. The van der Waals surface area contributed by atoms with Gasteiger partial charge in [-0.05, 0) is 12.0 Å². The molecule has 0 aromatic heterocycles. The quantitative estimate of drug-likeness (QED) is 0.765. The molecular formula is C12H14O3. The third-order valence-electron chi connectivity index (χ3n) is 2.74. The van der Waals surface area contributed by atoms with Crippen molar-refractivity contribution in [2.24, 2.45) is 5.92 Å². The van der Waals surface area contributed by atoms with Crippen LogP contribution in [0.25, 0.3) is 0 Å². The van der Waals surface area contributed by atoms with E-state index in [1.165, 1.54) is 0 Å². The Labute approximate surface area is 88.7 Å². The molecule has 3 nitrogen and oxygen atoms in total. The van der Waals surface area contributed by atoms with Crippen molar-refractivity contribution in [2.75, 3.05) is 6.61 Å². The van der Waals surface area contributed by atoms with E-state index in [0.717, 1.165) is 5.56 Å². The maximum absolute atomic E-state index is 11.2. The largest absolute Gasteiger partial charge is 0.457 e. The summed E-state index contributed by atoms with van der Waals surface area (Å²) in [6, 6.07) is 9.69. The van der Waals surface area contributed by atoms with Gasteiger partial charge in [-0.25, -0.2) is 0 Å². The Morgan fingerprint density at radius 2 is 2.07 bits per heavy atom. The van der Waals surface area contributed by atoms with E-state index in [0.29, 0.717) is 12.8 Å². The van der Waals surface area contributed by atoms with Crippen LogP contribution >= 0.6 is 0 Å². The van der Waals surface area contributed by atoms with Crippen molar-refractivity contribution in [3.8, 4) is 0 Å². The number of carbonyl (C=O) groups is 1. The topological polar surface area (TPSA) is 46.5 Å². The molecule has 3 heteroatoms. The lowest BCUT2D eigenvalue weighted by Crippen LogP contribution is -2.09. The molecule has 0 radical (unpaired) electrons. The molecule has 1 aromatic rings. The van der Waals surface area contributed by atoms with Gasteiger partial charge in [-0.15, -0.1) is 0 Å². The van der Waals surface area contributed by atoms with Crippen molar-refractivity contribution in [3.63, 3.8) is 0 Å². The fourth-order valence-corrected chi connectivity index (χ4v) is 2.01. The zero-order valence-electron chi connectivity index (χ0n) is 8.43. The van der Waals surface area contributed by atoms with Crippen LogP contribution < -0.4 is 0 Å². The highest BCUT2D eigenvalue weighted by Crippen LogP contribution is 2.36. The van der Waals surface area contributed by atoms with E-state index in [1.54, 1.807) is 0 Å². The number of ether oxygens (including phenoxy) is 1. The molecule has 0 aliphatic carbocycles. The van der Waals surface area contributed by atoms with Gasteiger partial charge in [-0.2, -0.15) is 0 Å². The summed E-state index contributed by atoms with van der Waals surface area (Å²) in [5.41, 5.74) is 1.02. The SMILES string of the molecule is O=C1C[C@H](CCO)[C@@H](c2ccccc2)O1. The highest BCUT2D eigenvalue weighted by atomic mass is 16.5. The lowest BCUT2D eigenvalue weighted by Gasteiger charge is -2.16. The van der Waals surface area contributed by atoms with Crippen molar-refractivity contribution in [1.29, 1.82) is 0 Å². The molecule has 2 atom stereocenters. The molecule has 1 aliphatic rings. The molecular weight excluding hydrogens is 192 g/mol. The van der Waals surface area contributed by atoms with Gasteiger partial charge in [0, 0.05) is 12.5 Å². The number of rotatable bonds is 3. The summed E-state index contributed by atoms with van der Waals surface area (Å²) in [6.07, 6.45) is 0.858. The van der Waals surface area contributed by atoms with Crippen molar-refractivity contribution < 1.29 is 14.6 Å². The third kappa shape index (κ3) is 2.18. The van der Waals surface area contributed by atoms with Crippen LogP contribution in [0.2, 0.25) is 0 Å². The minimum absolute atomic E-state index is 0.102. The van der Waals surface area contributed by atoms with Gasteiger partial charge >= 0.3 is 5.97 Å². The fourth-order valence-electron chi connectivity index (χ4n) is 2.01. The standard InChI is InChI=1S/C12H14O3/c13-7-6-10-8-11(14)15-12(10)9-4-2-1-3-5-9/h1-5,10,12-13H,6-8H2/t10-,12+/m0/s1. The van der Waals surface area contributed by atoms with Gasteiger partial charge < -0.3 is 9.84 Å². The van der Waals surface area contributed by atoms with Crippen molar-refractivity contribution in [1.82, 2.24) is 0 Å². The normalized spacial score (nSPS) is 25.3. The van der Waals surface area contributed by atoms with Crippen LogP contribution in [0.5, 0.6) is 0 Å². The minimum Gasteiger partial charge on any atom is -0.457 e. The van der Waals surface area contributed by atoms with Crippen LogP contribution in [0.4, 0.5) is 0 Å². The van der Waals surface area contributed by atoms with Crippen LogP contribution in [-0.2, 0) is 9.53 Å². The second kappa shape index (κ2) is 4.45. The lowest BCUT2D eigenvalue weighted by molar-refractivity contribution is -0.141. The fraction of sp³-hybridized carbons (Fsp3) is 0.417. The lowest BCUT2D eigenvalue weighted by atomic mass is 9.93. The van der Waals surface area contributed by atoms with Gasteiger partial charge in [0.15, 0.2) is 0 Å². The van der Waals surface area contributed by atoms with Crippen LogP contribution in [-0.4, -0.2) is 17.7 Å². The highest BCUT2D eigenvalue weighted by Gasteiger charge is 2.35. The van der Waals surface area contributed by atoms with Crippen molar-refractivity contribution >= 4 is 5.97 Å². The molecule has 0 spiro atoms. The Bertz CT molecular complexity index is 334. The number of aliphatic hydroxyl groups is 1. The maximum atomic E-state index is 11.2. The minimum atomic E-state index is -0.175. The second-order valence-electron chi connectivity index (χ2n) is 3.80. The number of hydrogen-bond donors (Lipinski definition) is 1. The predicted octanol–water partition coefficient (Wildman–Crippen LogP) is 1.67. The van der Waals surface area contributed by atoms with E-state index < -0.39 is 0 Å². The molecule has 1 aromatic carbocycles. The highest BCUT2D eigenvalue weighted by molar-refractivity contribution is 5.72. The number of esters is 1. The van der Waals surface area contributed by atoms with Crippen molar-refractivity contribution in [2.45, 2.75) is 18.9 Å². The second-order valence-corrected chi connectivity index (χ2v) is 3.80. The summed E-state index contributed by atoms with van der Waals surface area (Å²) >= 11 is 0. The Kier molecular flexibility index (Phi) is 3.02. The third-order valence-corrected chi connectivity index (χ3v) is 2.74. The first-order valence-corrected chi connectivity index (χ1v) is 5.16. The first-order valence-electron chi connectivity index (χ1n) is 5.16. The van der Waals surface area contributed by atoms with E-state index in [-0.39, 0.29) is 24.6 Å². The van der Waals surface area contributed by atoms with Crippen LogP contribution in [0.1, 0.15) is 24.5 Å². The Balaban J connectivity index is 2.17. The van der Waals surface area contributed by atoms with E-state index in [4.69, 9.17) is 9.84 Å². The van der Waals surface area contributed by atoms with Gasteiger partial charge in [0.1, 0.15) is 6.10 Å². The zero-order valence-corrected chi connectivity index (χ0v) is 8.43. The molecule has 1 aliphatic heterocycles. The van der Waals surface area contributed by atoms with Gasteiger partial charge in [0.25, 0.3) is 0 Å². The Morgan fingerprint density at radius 1 is 1.33 bits per heavy atom. The molecule has 1 saturated heterocycles. The molecule has 15 heavy (non-hydrogen) atoms. The number of hydrogen-bond acceptors (Lipinski definition) is 3. The molecule has 1 N–H and O–H groups in total. The van der Waals surface area contributed by atoms with E-state index in [9.17, 15) is 4.79 Å². The molecule has 1 heterocycles. The van der Waals surface area contributed by atoms with E-state index >= 15 is 0 Å². The smallest absolute Gasteiger partial charge is 0.306 e. The van der Waals surface area contributed by atoms with Crippen LogP contribution in [0, 0.1) is 5.92 Å². The molecule has 1 fully saturated rings. The summed E-state index contributed by atoms with van der Waals surface area (Å²) in [4.78, 5) is 11.2. The molecule has 0 unspecified atom stereocenters. The number of carbonyl (C=O) groups excluding carboxylic acids is 1. The van der Waals surface area contributed by atoms with Gasteiger partial charge in [0.2, 0.25) is 0 Å². The molecule has 0 saturated carbocycles. The monoisotopic (exact) mass is 206 g/mol. The zero-order chi connectivity index (χ0) is 10.7. The summed E-state index contributed by atoms with van der Waals surface area (Å²) in [6.45, 7) is 0.102.